The fourth-order valence-electron chi connectivity index (χ4n) is 2.77. The van der Waals surface area contributed by atoms with E-state index in [1.165, 1.54) is 25.7 Å². The van der Waals surface area contributed by atoms with Gasteiger partial charge in [-0.1, -0.05) is 13.8 Å². The zero-order valence-electron chi connectivity index (χ0n) is 12.4. The molecule has 2 unspecified atom stereocenters. The van der Waals surface area contributed by atoms with E-state index in [9.17, 15) is 0 Å². The fourth-order valence-corrected chi connectivity index (χ4v) is 2.77. The van der Waals surface area contributed by atoms with Crippen LogP contribution >= 0.6 is 0 Å². The summed E-state index contributed by atoms with van der Waals surface area (Å²) in [5.74, 6) is 0.808. The van der Waals surface area contributed by atoms with E-state index in [2.05, 4.69) is 26.1 Å². The average Bonchev–Trinajstić information content (AvgIpc) is 2.42. The van der Waals surface area contributed by atoms with Crippen molar-refractivity contribution in [1.29, 1.82) is 0 Å². The molecule has 0 radical (unpaired) electrons. The molecule has 1 fully saturated rings. The van der Waals surface area contributed by atoms with Crippen molar-refractivity contribution in [3.8, 4) is 0 Å². The van der Waals surface area contributed by atoms with Crippen LogP contribution in [-0.4, -0.2) is 38.5 Å². The van der Waals surface area contributed by atoms with E-state index in [1.54, 1.807) is 0 Å². The van der Waals surface area contributed by atoms with Gasteiger partial charge in [0, 0.05) is 25.9 Å². The highest BCUT2D eigenvalue weighted by atomic mass is 16.5. The maximum absolute atomic E-state index is 5.90. The Morgan fingerprint density at radius 3 is 2.50 bits per heavy atom. The molecule has 0 spiro atoms. The van der Waals surface area contributed by atoms with Crippen molar-refractivity contribution in [3.05, 3.63) is 0 Å². The SMILES string of the molecule is CCCNC(CC1CCOCC1)C(CC)OCC. The second-order valence-electron chi connectivity index (χ2n) is 5.25. The lowest BCUT2D eigenvalue weighted by Gasteiger charge is -2.32. The highest BCUT2D eigenvalue weighted by molar-refractivity contribution is 4.80. The lowest BCUT2D eigenvalue weighted by Crippen LogP contribution is -2.43. The van der Waals surface area contributed by atoms with Gasteiger partial charge in [0.1, 0.15) is 0 Å². The first-order valence-corrected chi connectivity index (χ1v) is 7.74. The Balaban J connectivity index is 2.46. The van der Waals surface area contributed by atoms with Gasteiger partial charge in [-0.3, -0.25) is 0 Å². The van der Waals surface area contributed by atoms with E-state index in [4.69, 9.17) is 9.47 Å². The van der Waals surface area contributed by atoms with Gasteiger partial charge in [-0.2, -0.15) is 0 Å². The summed E-state index contributed by atoms with van der Waals surface area (Å²) in [6, 6.07) is 0.512. The third-order valence-corrected chi connectivity index (χ3v) is 3.82. The maximum atomic E-state index is 5.90. The number of hydrogen-bond acceptors (Lipinski definition) is 3. The molecule has 1 aliphatic rings. The van der Waals surface area contributed by atoms with Gasteiger partial charge in [-0.25, -0.2) is 0 Å². The van der Waals surface area contributed by atoms with Crippen LogP contribution in [0, 0.1) is 5.92 Å². The molecule has 1 heterocycles. The second kappa shape index (κ2) is 9.76. The number of hydrogen-bond donors (Lipinski definition) is 1. The molecule has 3 heteroatoms. The Morgan fingerprint density at radius 2 is 1.94 bits per heavy atom. The Labute approximate surface area is 113 Å². The summed E-state index contributed by atoms with van der Waals surface area (Å²) in [5.41, 5.74) is 0. The largest absolute Gasteiger partial charge is 0.381 e. The highest BCUT2D eigenvalue weighted by Crippen LogP contribution is 2.23. The summed E-state index contributed by atoms with van der Waals surface area (Å²) in [7, 11) is 0. The molecule has 0 aromatic rings. The third kappa shape index (κ3) is 5.68. The molecule has 0 amide bonds. The summed E-state index contributed by atoms with van der Waals surface area (Å²) in [6.45, 7) is 10.3. The van der Waals surface area contributed by atoms with Gasteiger partial charge in [-0.05, 0) is 51.5 Å². The van der Waals surface area contributed by atoms with Gasteiger partial charge in [0.2, 0.25) is 0 Å². The summed E-state index contributed by atoms with van der Waals surface area (Å²) in [5, 5.41) is 3.69. The first-order chi connectivity index (χ1) is 8.81. The Morgan fingerprint density at radius 1 is 1.22 bits per heavy atom. The molecule has 0 aromatic heterocycles. The molecule has 1 aliphatic heterocycles. The standard InChI is InChI=1S/C15H31NO2/c1-4-9-16-14(15(5-2)18-6-3)12-13-7-10-17-11-8-13/h13-16H,4-12H2,1-3H3. The van der Waals surface area contributed by atoms with Gasteiger partial charge in [0.05, 0.1) is 6.10 Å². The van der Waals surface area contributed by atoms with Crippen LogP contribution in [0.2, 0.25) is 0 Å². The number of ether oxygens (including phenoxy) is 2. The summed E-state index contributed by atoms with van der Waals surface area (Å²) < 4.78 is 11.3. The van der Waals surface area contributed by atoms with E-state index >= 15 is 0 Å². The zero-order valence-corrected chi connectivity index (χ0v) is 12.4. The van der Waals surface area contributed by atoms with Crippen molar-refractivity contribution in [2.24, 2.45) is 5.92 Å². The number of nitrogens with one attached hydrogen (secondary N) is 1. The Kier molecular flexibility index (Phi) is 8.64. The van der Waals surface area contributed by atoms with Gasteiger partial charge < -0.3 is 14.8 Å². The highest BCUT2D eigenvalue weighted by Gasteiger charge is 2.24. The molecular weight excluding hydrogens is 226 g/mol. The zero-order chi connectivity index (χ0) is 13.2. The topological polar surface area (TPSA) is 30.5 Å². The van der Waals surface area contributed by atoms with Crippen molar-refractivity contribution in [1.82, 2.24) is 5.32 Å². The minimum atomic E-state index is 0.365. The lowest BCUT2D eigenvalue weighted by molar-refractivity contribution is 0.0122. The van der Waals surface area contributed by atoms with Crippen molar-refractivity contribution >= 4 is 0 Å². The summed E-state index contributed by atoms with van der Waals surface area (Å²) >= 11 is 0. The van der Waals surface area contributed by atoms with Crippen LogP contribution in [-0.2, 0) is 9.47 Å². The Hall–Kier alpha value is -0.120. The van der Waals surface area contributed by atoms with Gasteiger partial charge >= 0.3 is 0 Å². The van der Waals surface area contributed by atoms with Crippen LogP contribution in [0.15, 0.2) is 0 Å². The van der Waals surface area contributed by atoms with E-state index in [0.717, 1.165) is 38.7 Å². The van der Waals surface area contributed by atoms with E-state index < -0.39 is 0 Å². The van der Waals surface area contributed by atoms with Crippen molar-refractivity contribution in [2.75, 3.05) is 26.4 Å². The molecule has 1 saturated heterocycles. The minimum absolute atomic E-state index is 0.365. The van der Waals surface area contributed by atoms with Gasteiger partial charge in [0.15, 0.2) is 0 Å². The van der Waals surface area contributed by atoms with Crippen molar-refractivity contribution in [3.63, 3.8) is 0 Å². The predicted octanol–water partition coefficient (Wildman–Crippen LogP) is 2.99. The molecule has 1 N–H and O–H groups in total. The average molecular weight is 257 g/mol. The molecule has 18 heavy (non-hydrogen) atoms. The lowest BCUT2D eigenvalue weighted by atomic mass is 9.89. The molecule has 0 aliphatic carbocycles. The third-order valence-electron chi connectivity index (χ3n) is 3.82. The fraction of sp³-hybridized carbons (Fsp3) is 1.00. The van der Waals surface area contributed by atoms with Gasteiger partial charge in [-0.15, -0.1) is 0 Å². The molecule has 2 atom stereocenters. The maximum Gasteiger partial charge on any atom is 0.0725 e. The quantitative estimate of drug-likeness (QED) is 0.689. The van der Waals surface area contributed by atoms with Crippen molar-refractivity contribution < 1.29 is 9.47 Å². The minimum Gasteiger partial charge on any atom is -0.381 e. The predicted molar refractivity (Wildman–Crippen MR) is 75.9 cm³/mol. The summed E-state index contributed by atoms with van der Waals surface area (Å²) in [6.07, 6.45) is 6.32. The molecule has 1 rings (SSSR count). The molecular formula is C15H31NO2. The van der Waals surface area contributed by atoms with Crippen LogP contribution < -0.4 is 5.32 Å². The second-order valence-corrected chi connectivity index (χ2v) is 5.25. The molecule has 0 aromatic carbocycles. The first kappa shape index (κ1) is 15.9. The van der Waals surface area contributed by atoms with Crippen LogP contribution in [0.3, 0.4) is 0 Å². The van der Waals surface area contributed by atoms with E-state index in [0.29, 0.717) is 12.1 Å². The first-order valence-electron chi connectivity index (χ1n) is 7.74. The van der Waals surface area contributed by atoms with E-state index in [-0.39, 0.29) is 0 Å². The molecule has 0 saturated carbocycles. The van der Waals surface area contributed by atoms with Gasteiger partial charge in [0.25, 0.3) is 0 Å². The molecule has 108 valence electrons. The van der Waals surface area contributed by atoms with E-state index in [1.807, 2.05) is 0 Å². The normalized spacial score (nSPS) is 20.8. The van der Waals surface area contributed by atoms with Crippen LogP contribution in [0.5, 0.6) is 0 Å². The van der Waals surface area contributed by atoms with Crippen LogP contribution in [0.4, 0.5) is 0 Å². The van der Waals surface area contributed by atoms with Crippen LogP contribution in [0.1, 0.15) is 52.9 Å². The monoisotopic (exact) mass is 257 g/mol. The van der Waals surface area contributed by atoms with Crippen molar-refractivity contribution in [2.45, 2.75) is 65.0 Å². The molecule has 0 bridgehead atoms. The smallest absolute Gasteiger partial charge is 0.0725 e. The molecule has 3 nitrogen and oxygen atoms in total. The number of rotatable bonds is 9. The van der Waals surface area contributed by atoms with Crippen LogP contribution in [0.25, 0.3) is 0 Å². The Bertz CT molecular complexity index is 193. The summed E-state index contributed by atoms with van der Waals surface area (Å²) in [4.78, 5) is 0.